The maximum atomic E-state index is 12.8. The van der Waals surface area contributed by atoms with Crippen LogP contribution in [0, 0.1) is 0 Å². The van der Waals surface area contributed by atoms with Gasteiger partial charge in [0.25, 0.3) is 11.8 Å². The number of likely N-dealkylation sites (tertiary alicyclic amines) is 1. The molecule has 3 aromatic rings. The third kappa shape index (κ3) is 3.18. The zero-order chi connectivity index (χ0) is 18.1. The summed E-state index contributed by atoms with van der Waals surface area (Å²) >= 11 is 6.08. The number of halogens is 1. The molecule has 0 radical (unpaired) electrons. The van der Waals surface area contributed by atoms with Gasteiger partial charge >= 0.3 is 0 Å². The van der Waals surface area contributed by atoms with Crippen molar-refractivity contribution in [2.75, 3.05) is 18.4 Å². The number of benzene rings is 2. The van der Waals surface area contributed by atoms with Crippen LogP contribution >= 0.6 is 11.6 Å². The van der Waals surface area contributed by atoms with Gasteiger partial charge in [-0.05, 0) is 43.2 Å². The summed E-state index contributed by atoms with van der Waals surface area (Å²) in [4.78, 5) is 30.3. The highest BCUT2D eigenvalue weighted by molar-refractivity contribution is 6.31. The summed E-state index contributed by atoms with van der Waals surface area (Å²) < 4.78 is 0. The van der Waals surface area contributed by atoms with Crippen LogP contribution in [0.3, 0.4) is 0 Å². The number of amides is 2. The van der Waals surface area contributed by atoms with Gasteiger partial charge < -0.3 is 15.2 Å². The Kier molecular flexibility index (Phi) is 4.39. The molecule has 5 nitrogen and oxygen atoms in total. The average Bonchev–Trinajstić information content (AvgIpc) is 3.32. The summed E-state index contributed by atoms with van der Waals surface area (Å²) in [5, 5.41) is 4.27. The number of carbonyl (C=O) groups excluding carboxylic acids is 2. The maximum absolute atomic E-state index is 12.8. The molecule has 1 fully saturated rings. The van der Waals surface area contributed by atoms with Crippen LogP contribution in [-0.4, -0.2) is 34.8 Å². The van der Waals surface area contributed by atoms with Crippen LogP contribution in [0.2, 0.25) is 5.02 Å². The second-order valence-corrected chi connectivity index (χ2v) is 6.85. The molecule has 0 atom stereocenters. The number of hydrogen-bond donors (Lipinski definition) is 2. The number of rotatable bonds is 3. The molecule has 6 heteroatoms. The number of carbonyl (C=O) groups is 2. The van der Waals surface area contributed by atoms with E-state index in [1.165, 1.54) is 0 Å². The van der Waals surface area contributed by atoms with E-state index in [4.69, 9.17) is 11.6 Å². The Hall–Kier alpha value is -2.79. The van der Waals surface area contributed by atoms with Crippen molar-refractivity contribution in [3.63, 3.8) is 0 Å². The van der Waals surface area contributed by atoms with E-state index in [-0.39, 0.29) is 11.8 Å². The molecule has 2 N–H and O–H groups in total. The molecule has 2 heterocycles. The second-order valence-electron chi connectivity index (χ2n) is 6.41. The number of fused-ring (bicyclic) bond motifs is 1. The number of para-hydroxylation sites is 1. The van der Waals surface area contributed by atoms with E-state index in [2.05, 4.69) is 10.3 Å². The normalized spacial score (nSPS) is 14.0. The SMILES string of the molecule is O=C(Nc1ccc(Cl)cc1C(=O)N1CCCC1)c1cc2ccccc2[nH]1. The average molecular weight is 368 g/mol. The predicted molar refractivity (Wildman–Crippen MR) is 103 cm³/mol. The molecule has 0 spiro atoms. The molecule has 26 heavy (non-hydrogen) atoms. The third-order valence-corrected chi connectivity index (χ3v) is 4.86. The van der Waals surface area contributed by atoms with Crippen LogP contribution in [0.15, 0.2) is 48.5 Å². The largest absolute Gasteiger partial charge is 0.351 e. The smallest absolute Gasteiger partial charge is 0.272 e. The Morgan fingerprint density at radius 2 is 1.81 bits per heavy atom. The van der Waals surface area contributed by atoms with Gasteiger partial charge in [0.1, 0.15) is 5.69 Å². The first-order valence-electron chi connectivity index (χ1n) is 8.60. The minimum atomic E-state index is -0.293. The van der Waals surface area contributed by atoms with Crippen molar-refractivity contribution in [2.24, 2.45) is 0 Å². The minimum Gasteiger partial charge on any atom is -0.351 e. The summed E-state index contributed by atoms with van der Waals surface area (Å²) in [6.45, 7) is 1.47. The number of aromatic nitrogens is 1. The molecule has 0 bridgehead atoms. The zero-order valence-corrected chi connectivity index (χ0v) is 14.8. The Bertz CT molecular complexity index is 957. The molecular weight excluding hydrogens is 350 g/mol. The minimum absolute atomic E-state index is 0.100. The Labute approximate surface area is 155 Å². The van der Waals surface area contributed by atoms with Gasteiger partial charge in [0.05, 0.1) is 11.3 Å². The molecule has 2 aromatic carbocycles. The summed E-state index contributed by atoms with van der Waals surface area (Å²) in [5.41, 5.74) is 2.22. The van der Waals surface area contributed by atoms with Gasteiger partial charge in [-0.15, -0.1) is 0 Å². The topological polar surface area (TPSA) is 65.2 Å². The second kappa shape index (κ2) is 6.84. The number of nitrogens with zero attached hydrogens (tertiary/aromatic N) is 1. The molecule has 0 aliphatic carbocycles. The number of aromatic amines is 1. The first kappa shape index (κ1) is 16.7. The van der Waals surface area contributed by atoms with Gasteiger partial charge in [0.2, 0.25) is 0 Å². The molecule has 132 valence electrons. The Morgan fingerprint density at radius 3 is 2.58 bits per heavy atom. The highest BCUT2D eigenvalue weighted by Gasteiger charge is 2.23. The van der Waals surface area contributed by atoms with Gasteiger partial charge in [-0.3, -0.25) is 9.59 Å². The predicted octanol–water partition coefficient (Wildman–Crippen LogP) is 4.31. The quantitative estimate of drug-likeness (QED) is 0.724. The fourth-order valence-corrected chi connectivity index (χ4v) is 3.45. The Balaban J connectivity index is 1.62. The lowest BCUT2D eigenvalue weighted by Crippen LogP contribution is -2.29. The molecular formula is C20H18ClN3O2. The summed E-state index contributed by atoms with van der Waals surface area (Å²) in [6.07, 6.45) is 2.01. The first-order valence-corrected chi connectivity index (χ1v) is 8.97. The lowest BCUT2D eigenvalue weighted by Gasteiger charge is -2.18. The summed E-state index contributed by atoms with van der Waals surface area (Å²) in [7, 11) is 0. The van der Waals surface area contributed by atoms with E-state index >= 15 is 0 Å². The Morgan fingerprint density at radius 1 is 1.04 bits per heavy atom. The number of anilines is 1. The third-order valence-electron chi connectivity index (χ3n) is 4.63. The van der Waals surface area contributed by atoms with Gasteiger partial charge in [0.15, 0.2) is 0 Å². The van der Waals surface area contributed by atoms with E-state index in [0.717, 1.165) is 36.8 Å². The van der Waals surface area contributed by atoms with Crippen LogP contribution in [0.1, 0.15) is 33.7 Å². The highest BCUT2D eigenvalue weighted by Crippen LogP contribution is 2.25. The molecule has 4 rings (SSSR count). The van der Waals surface area contributed by atoms with E-state index in [1.54, 1.807) is 29.2 Å². The van der Waals surface area contributed by atoms with Crippen molar-refractivity contribution in [1.29, 1.82) is 0 Å². The van der Waals surface area contributed by atoms with Gasteiger partial charge in [0, 0.05) is 29.0 Å². The molecule has 1 aliphatic rings. The lowest BCUT2D eigenvalue weighted by molar-refractivity contribution is 0.0794. The first-order chi connectivity index (χ1) is 12.6. The van der Waals surface area contributed by atoms with Crippen molar-refractivity contribution in [3.05, 3.63) is 64.8 Å². The molecule has 0 unspecified atom stereocenters. The molecule has 0 saturated carbocycles. The number of hydrogen-bond acceptors (Lipinski definition) is 2. The molecule has 1 saturated heterocycles. The van der Waals surface area contributed by atoms with Gasteiger partial charge in [-0.25, -0.2) is 0 Å². The van der Waals surface area contributed by atoms with E-state index in [1.807, 2.05) is 24.3 Å². The lowest BCUT2D eigenvalue weighted by atomic mass is 10.1. The molecule has 2 amide bonds. The van der Waals surface area contributed by atoms with Crippen LogP contribution in [-0.2, 0) is 0 Å². The van der Waals surface area contributed by atoms with Crippen molar-refractivity contribution >= 4 is 40.0 Å². The van der Waals surface area contributed by atoms with E-state index in [9.17, 15) is 9.59 Å². The summed E-state index contributed by atoms with van der Waals surface area (Å²) in [6, 6.07) is 14.4. The van der Waals surface area contributed by atoms with Gasteiger partial charge in [-0.2, -0.15) is 0 Å². The van der Waals surface area contributed by atoms with Crippen LogP contribution < -0.4 is 5.32 Å². The highest BCUT2D eigenvalue weighted by atomic mass is 35.5. The monoisotopic (exact) mass is 367 g/mol. The zero-order valence-electron chi connectivity index (χ0n) is 14.1. The summed E-state index contributed by atoms with van der Waals surface area (Å²) in [5.74, 6) is -0.393. The van der Waals surface area contributed by atoms with Gasteiger partial charge in [-0.1, -0.05) is 29.8 Å². The van der Waals surface area contributed by atoms with Crippen molar-refractivity contribution in [3.8, 4) is 0 Å². The van der Waals surface area contributed by atoms with Crippen molar-refractivity contribution in [2.45, 2.75) is 12.8 Å². The van der Waals surface area contributed by atoms with Crippen molar-refractivity contribution in [1.82, 2.24) is 9.88 Å². The standard InChI is InChI=1S/C20H18ClN3O2/c21-14-7-8-17(15(12-14)20(26)24-9-3-4-10-24)23-19(25)18-11-13-5-1-2-6-16(13)22-18/h1-2,5-8,11-12,22H,3-4,9-10H2,(H,23,25). The molecule has 1 aliphatic heterocycles. The van der Waals surface area contributed by atoms with Crippen molar-refractivity contribution < 1.29 is 9.59 Å². The maximum Gasteiger partial charge on any atom is 0.272 e. The molecule has 1 aromatic heterocycles. The fourth-order valence-electron chi connectivity index (χ4n) is 3.28. The van der Waals surface area contributed by atoms with Crippen LogP contribution in [0.25, 0.3) is 10.9 Å². The number of H-pyrrole nitrogens is 1. The fraction of sp³-hybridized carbons (Fsp3) is 0.200. The van der Waals surface area contributed by atoms with Crippen LogP contribution in [0.5, 0.6) is 0 Å². The van der Waals surface area contributed by atoms with Crippen LogP contribution in [0.4, 0.5) is 5.69 Å². The van der Waals surface area contributed by atoms with E-state index in [0.29, 0.717) is 22.0 Å². The van der Waals surface area contributed by atoms with E-state index < -0.39 is 0 Å². The number of nitrogens with one attached hydrogen (secondary N) is 2.